The Balaban J connectivity index is 1.46. The number of benzene rings is 2. The van der Waals surface area contributed by atoms with Crippen LogP contribution in [0.4, 0.5) is 11.4 Å². The number of hydrogen-bond acceptors (Lipinski definition) is 4. The van der Waals surface area contributed by atoms with Crippen LogP contribution in [0.2, 0.25) is 0 Å². The summed E-state index contributed by atoms with van der Waals surface area (Å²) < 4.78 is 5.62. The van der Waals surface area contributed by atoms with Crippen molar-refractivity contribution in [1.82, 2.24) is 4.90 Å². The van der Waals surface area contributed by atoms with Gasteiger partial charge < -0.3 is 19.9 Å². The average Bonchev–Trinajstić information content (AvgIpc) is 2.78. The van der Waals surface area contributed by atoms with Gasteiger partial charge in [-0.15, -0.1) is 0 Å². The molecule has 1 saturated heterocycles. The molecule has 5 heteroatoms. The summed E-state index contributed by atoms with van der Waals surface area (Å²) in [6, 6.07) is 16.1. The van der Waals surface area contributed by atoms with E-state index < -0.39 is 0 Å². The summed E-state index contributed by atoms with van der Waals surface area (Å²) >= 11 is 0. The molecule has 1 heterocycles. The molecule has 2 aromatic rings. The molecular formula is C24H33N3O2. The Bertz CT molecular complexity index is 766. The van der Waals surface area contributed by atoms with Crippen molar-refractivity contribution in [2.24, 2.45) is 0 Å². The summed E-state index contributed by atoms with van der Waals surface area (Å²) in [7, 11) is 0. The molecule has 0 radical (unpaired) electrons. The van der Waals surface area contributed by atoms with Gasteiger partial charge in [0.2, 0.25) is 0 Å². The Morgan fingerprint density at radius 1 is 1.00 bits per heavy atom. The molecule has 5 nitrogen and oxygen atoms in total. The second-order valence-electron chi connectivity index (χ2n) is 7.68. The second-order valence-corrected chi connectivity index (χ2v) is 7.68. The fraction of sp³-hybridized carbons (Fsp3) is 0.458. The minimum absolute atomic E-state index is 0.00338. The Hall–Kier alpha value is -2.53. The van der Waals surface area contributed by atoms with E-state index in [1.807, 2.05) is 24.3 Å². The summed E-state index contributed by atoms with van der Waals surface area (Å²) in [5.41, 5.74) is 3.29. The van der Waals surface area contributed by atoms with Crippen LogP contribution in [-0.2, 0) is 4.79 Å². The van der Waals surface area contributed by atoms with E-state index in [0.717, 1.165) is 44.8 Å². The van der Waals surface area contributed by atoms with E-state index in [1.165, 1.54) is 11.3 Å². The fourth-order valence-electron chi connectivity index (χ4n) is 3.55. The van der Waals surface area contributed by atoms with Gasteiger partial charge in [0.25, 0.3) is 5.91 Å². The van der Waals surface area contributed by atoms with Crippen molar-refractivity contribution in [3.8, 4) is 5.75 Å². The van der Waals surface area contributed by atoms with Crippen LogP contribution < -0.4 is 15.0 Å². The molecule has 0 saturated carbocycles. The van der Waals surface area contributed by atoms with Gasteiger partial charge in [0, 0.05) is 37.6 Å². The van der Waals surface area contributed by atoms with E-state index >= 15 is 0 Å². The van der Waals surface area contributed by atoms with Crippen molar-refractivity contribution in [1.29, 1.82) is 0 Å². The van der Waals surface area contributed by atoms with Gasteiger partial charge in [0.05, 0.1) is 0 Å². The summed E-state index contributed by atoms with van der Waals surface area (Å²) in [5, 5.41) is 2.91. The maximum absolute atomic E-state index is 12.2. The summed E-state index contributed by atoms with van der Waals surface area (Å²) in [6.45, 7) is 12.0. The number of amides is 1. The van der Waals surface area contributed by atoms with Crippen molar-refractivity contribution < 1.29 is 9.53 Å². The standard InChI is InChI=1S/C24H33N3O2/c1-4-19(3)20-6-12-23(13-7-20)29-18-24(28)25-21-8-10-22(11-9-21)27-16-14-26(5-2)15-17-27/h6-13,19H,4-5,14-18H2,1-3H3,(H,25,28)/t19-/m1/s1. The minimum atomic E-state index is -0.152. The third-order valence-corrected chi connectivity index (χ3v) is 5.77. The molecular weight excluding hydrogens is 362 g/mol. The van der Waals surface area contributed by atoms with Crippen LogP contribution >= 0.6 is 0 Å². The molecule has 0 aliphatic carbocycles. The van der Waals surface area contributed by atoms with E-state index in [0.29, 0.717) is 11.7 Å². The molecule has 2 aromatic carbocycles. The van der Waals surface area contributed by atoms with Crippen LogP contribution in [0, 0.1) is 0 Å². The van der Waals surface area contributed by atoms with Crippen molar-refractivity contribution >= 4 is 17.3 Å². The normalized spacial score (nSPS) is 15.8. The van der Waals surface area contributed by atoms with Crippen molar-refractivity contribution in [2.75, 3.05) is 49.5 Å². The lowest BCUT2D eigenvalue weighted by Gasteiger charge is -2.35. The molecule has 1 N–H and O–H groups in total. The molecule has 0 unspecified atom stereocenters. The highest BCUT2D eigenvalue weighted by atomic mass is 16.5. The molecule has 1 aliphatic rings. The molecule has 3 rings (SSSR count). The lowest BCUT2D eigenvalue weighted by atomic mass is 9.99. The van der Waals surface area contributed by atoms with Gasteiger partial charge in [0.15, 0.2) is 6.61 Å². The molecule has 1 atom stereocenters. The predicted octanol–water partition coefficient (Wildman–Crippen LogP) is 4.36. The smallest absolute Gasteiger partial charge is 0.262 e. The number of ether oxygens (including phenoxy) is 1. The van der Waals surface area contributed by atoms with Crippen LogP contribution in [0.1, 0.15) is 38.7 Å². The largest absolute Gasteiger partial charge is 0.484 e. The second kappa shape index (κ2) is 10.3. The van der Waals surface area contributed by atoms with Crippen LogP contribution in [0.5, 0.6) is 5.75 Å². The molecule has 1 amide bonds. The fourth-order valence-corrected chi connectivity index (χ4v) is 3.55. The zero-order valence-electron chi connectivity index (χ0n) is 17.9. The predicted molar refractivity (Wildman–Crippen MR) is 120 cm³/mol. The van der Waals surface area contributed by atoms with Crippen LogP contribution in [0.3, 0.4) is 0 Å². The first-order valence-electron chi connectivity index (χ1n) is 10.7. The number of hydrogen-bond donors (Lipinski definition) is 1. The first-order chi connectivity index (χ1) is 14.1. The zero-order chi connectivity index (χ0) is 20.6. The number of nitrogens with one attached hydrogen (secondary N) is 1. The number of carbonyl (C=O) groups excluding carboxylic acids is 1. The Morgan fingerprint density at radius 3 is 2.24 bits per heavy atom. The molecule has 0 bridgehead atoms. The van der Waals surface area contributed by atoms with E-state index in [4.69, 9.17) is 4.74 Å². The first kappa shape index (κ1) is 21.2. The van der Waals surface area contributed by atoms with Gasteiger partial charge >= 0.3 is 0 Å². The number of carbonyl (C=O) groups is 1. The Kier molecular flexibility index (Phi) is 7.53. The Morgan fingerprint density at radius 2 is 1.66 bits per heavy atom. The molecule has 29 heavy (non-hydrogen) atoms. The number of likely N-dealkylation sites (N-methyl/N-ethyl adjacent to an activating group) is 1. The lowest BCUT2D eigenvalue weighted by Crippen LogP contribution is -2.46. The SMILES string of the molecule is CC[C@@H](C)c1ccc(OCC(=O)Nc2ccc(N3CCN(CC)CC3)cc2)cc1. The summed E-state index contributed by atoms with van der Waals surface area (Å²) in [4.78, 5) is 17.1. The monoisotopic (exact) mass is 395 g/mol. The molecule has 0 aromatic heterocycles. The number of rotatable bonds is 8. The first-order valence-corrected chi connectivity index (χ1v) is 10.7. The maximum atomic E-state index is 12.2. The Labute approximate surface area is 174 Å². The number of anilines is 2. The van der Waals surface area contributed by atoms with Gasteiger partial charge in [0.1, 0.15) is 5.75 Å². The van der Waals surface area contributed by atoms with Crippen LogP contribution in [-0.4, -0.2) is 50.1 Å². The van der Waals surface area contributed by atoms with Crippen LogP contribution in [0.15, 0.2) is 48.5 Å². The van der Waals surface area contributed by atoms with Gasteiger partial charge in [-0.2, -0.15) is 0 Å². The topological polar surface area (TPSA) is 44.8 Å². The third kappa shape index (κ3) is 5.97. The molecule has 1 fully saturated rings. The highest BCUT2D eigenvalue weighted by molar-refractivity contribution is 5.92. The maximum Gasteiger partial charge on any atom is 0.262 e. The van der Waals surface area contributed by atoms with E-state index in [2.05, 4.69) is 60.2 Å². The quantitative estimate of drug-likeness (QED) is 0.721. The van der Waals surface area contributed by atoms with E-state index in [-0.39, 0.29) is 12.5 Å². The van der Waals surface area contributed by atoms with Gasteiger partial charge in [-0.3, -0.25) is 4.79 Å². The van der Waals surface area contributed by atoms with Crippen molar-refractivity contribution in [3.05, 3.63) is 54.1 Å². The lowest BCUT2D eigenvalue weighted by molar-refractivity contribution is -0.118. The van der Waals surface area contributed by atoms with E-state index in [9.17, 15) is 4.79 Å². The van der Waals surface area contributed by atoms with Gasteiger partial charge in [-0.1, -0.05) is 32.9 Å². The minimum Gasteiger partial charge on any atom is -0.484 e. The molecule has 0 spiro atoms. The summed E-state index contributed by atoms with van der Waals surface area (Å²) in [6.07, 6.45) is 1.11. The van der Waals surface area contributed by atoms with Crippen molar-refractivity contribution in [2.45, 2.75) is 33.1 Å². The van der Waals surface area contributed by atoms with Gasteiger partial charge in [-0.25, -0.2) is 0 Å². The third-order valence-electron chi connectivity index (χ3n) is 5.77. The highest BCUT2D eigenvalue weighted by Gasteiger charge is 2.15. The van der Waals surface area contributed by atoms with E-state index in [1.54, 1.807) is 0 Å². The molecule has 156 valence electrons. The van der Waals surface area contributed by atoms with Crippen molar-refractivity contribution in [3.63, 3.8) is 0 Å². The number of piperazine rings is 1. The number of nitrogens with zero attached hydrogens (tertiary/aromatic N) is 2. The molecule has 1 aliphatic heterocycles. The highest BCUT2D eigenvalue weighted by Crippen LogP contribution is 2.22. The average molecular weight is 396 g/mol. The summed E-state index contributed by atoms with van der Waals surface area (Å²) in [5.74, 6) is 1.10. The zero-order valence-corrected chi connectivity index (χ0v) is 17.9. The van der Waals surface area contributed by atoms with Crippen LogP contribution in [0.25, 0.3) is 0 Å². The van der Waals surface area contributed by atoms with Gasteiger partial charge in [-0.05, 0) is 60.8 Å².